The van der Waals surface area contributed by atoms with Crippen LogP contribution in [-0.4, -0.2) is 54.6 Å². The van der Waals surface area contributed by atoms with E-state index in [1.54, 1.807) is 10.4 Å². The second-order valence-corrected chi connectivity index (χ2v) is 13.9. The first-order valence-electron chi connectivity index (χ1n) is 13.1. The predicted molar refractivity (Wildman–Crippen MR) is 153 cm³/mol. The van der Waals surface area contributed by atoms with E-state index in [-0.39, 0.29) is 5.41 Å². The number of hydrogen-bond donors (Lipinski definition) is 1. The molecule has 2 aliphatic rings. The first-order chi connectivity index (χ1) is 18.1. The van der Waals surface area contributed by atoms with E-state index in [4.69, 9.17) is 28.2 Å². The number of benzene rings is 2. The number of nitrogens with one attached hydrogen (secondary N) is 1. The van der Waals surface area contributed by atoms with Gasteiger partial charge >= 0.3 is 0 Å². The number of rotatable bonds is 6. The maximum absolute atomic E-state index is 12.0. The highest BCUT2D eigenvalue weighted by atomic mass is 35.5. The van der Waals surface area contributed by atoms with Crippen LogP contribution in [0.15, 0.2) is 36.4 Å². The fourth-order valence-corrected chi connectivity index (χ4v) is 7.24. The molecule has 38 heavy (non-hydrogen) atoms. The van der Waals surface area contributed by atoms with E-state index in [1.807, 2.05) is 24.3 Å². The van der Waals surface area contributed by atoms with Crippen LogP contribution in [-0.2, 0) is 15.4 Å². The van der Waals surface area contributed by atoms with Crippen molar-refractivity contribution in [1.29, 1.82) is 5.26 Å². The number of anilines is 1. The minimum absolute atomic E-state index is 0.0186. The van der Waals surface area contributed by atoms with Crippen molar-refractivity contribution in [2.45, 2.75) is 56.9 Å². The Kier molecular flexibility index (Phi) is 7.67. The van der Waals surface area contributed by atoms with Gasteiger partial charge in [0, 0.05) is 25.7 Å². The minimum atomic E-state index is -3.16. The Labute approximate surface area is 234 Å². The predicted octanol–water partition coefficient (Wildman–Crippen LogP) is 6.12. The largest absolute Gasteiger partial charge is 0.339 e. The molecule has 2 fully saturated rings. The molecular formula is C28H33Cl2N5O2S. The Morgan fingerprint density at radius 3 is 2.47 bits per heavy atom. The van der Waals surface area contributed by atoms with E-state index < -0.39 is 10.0 Å². The van der Waals surface area contributed by atoms with Crippen molar-refractivity contribution in [3.63, 3.8) is 0 Å². The van der Waals surface area contributed by atoms with E-state index >= 15 is 0 Å². The fourth-order valence-electron chi connectivity index (χ4n) is 6.04. The second kappa shape index (κ2) is 10.7. The zero-order valence-electron chi connectivity index (χ0n) is 21.8. The third kappa shape index (κ3) is 5.67. The number of H-pyrrole nitrogens is 1. The molecule has 0 unspecified atom stereocenters. The van der Waals surface area contributed by atoms with Crippen molar-refractivity contribution in [3.05, 3.63) is 57.6 Å². The van der Waals surface area contributed by atoms with Gasteiger partial charge in [0.2, 0.25) is 16.0 Å². The van der Waals surface area contributed by atoms with E-state index in [0.717, 1.165) is 62.1 Å². The van der Waals surface area contributed by atoms with Gasteiger partial charge in [-0.3, -0.25) is 0 Å². The molecule has 1 aliphatic heterocycles. The molecule has 0 radical (unpaired) electrons. The van der Waals surface area contributed by atoms with Gasteiger partial charge in [-0.05, 0) is 79.7 Å². The van der Waals surface area contributed by atoms with Crippen LogP contribution < -0.4 is 4.90 Å². The van der Waals surface area contributed by atoms with Crippen molar-refractivity contribution in [1.82, 2.24) is 14.3 Å². The Balaban J connectivity index is 1.38. The molecule has 10 heteroatoms. The Morgan fingerprint density at radius 2 is 1.82 bits per heavy atom. The average molecular weight is 575 g/mol. The summed E-state index contributed by atoms with van der Waals surface area (Å²) in [6, 6.07) is 14.2. The van der Waals surface area contributed by atoms with Gasteiger partial charge in [-0.25, -0.2) is 17.7 Å². The number of nitrogens with zero attached hydrogens (tertiary/aromatic N) is 4. The van der Waals surface area contributed by atoms with Crippen LogP contribution in [0.5, 0.6) is 0 Å². The molecule has 5 rings (SSSR count). The van der Waals surface area contributed by atoms with Crippen molar-refractivity contribution in [2.75, 3.05) is 30.8 Å². The Hall–Kier alpha value is -2.31. The molecule has 0 spiro atoms. The van der Waals surface area contributed by atoms with Crippen LogP contribution in [0.1, 0.15) is 56.6 Å². The third-order valence-electron chi connectivity index (χ3n) is 8.47. The summed E-state index contributed by atoms with van der Waals surface area (Å²) in [5.74, 6) is 1.18. The van der Waals surface area contributed by atoms with Crippen LogP contribution in [0.25, 0.3) is 11.0 Å². The summed E-state index contributed by atoms with van der Waals surface area (Å²) in [5.41, 5.74) is 3.57. The molecule has 2 heterocycles. The normalized spacial score (nSPS) is 23.4. The van der Waals surface area contributed by atoms with Gasteiger partial charge in [0.25, 0.3) is 0 Å². The molecule has 0 atom stereocenters. The maximum atomic E-state index is 12.0. The van der Waals surface area contributed by atoms with Crippen molar-refractivity contribution >= 4 is 50.2 Å². The number of imidazole rings is 1. The number of fused-ring (bicyclic) bond motifs is 1. The van der Waals surface area contributed by atoms with Gasteiger partial charge in [0.1, 0.15) is 0 Å². The van der Waals surface area contributed by atoms with Crippen LogP contribution in [0.3, 0.4) is 0 Å². The fraction of sp³-hybridized carbons (Fsp3) is 0.500. The molecule has 1 N–H and O–H groups in total. The highest BCUT2D eigenvalue weighted by Gasteiger charge is 2.37. The molecule has 3 aromatic rings. The highest BCUT2D eigenvalue weighted by molar-refractivity contribution is 7.88. The lowest BCUT2D eigenvalue weighted by Crippen LogP contribution is -2.46. The second-order valence-electron chi connectivity index (χ2n) is 11.1. The number of sulfonamides is 1. The number of hydrogen-bond acceptors (Lipinski definition) is 5. The van der Waals surface area contributed by atoms with Crippen LogP contribution in [0, 0.1) is 17.2 Å². The number of aromatic nitrogens is 2. The lowest BCUT2D eigenvalue weighted by atomic mass is 9.69. The molecule has 0 amide bonds. The van der Waals surface area contributed by atoms with E-state index in [2.05, 4.69) is 28.9 Å². The van der Waals surface area contributed by atoms with Gasteiger partial charge in [-0.2, -0.15) is 5.26 Å². The molecular weight excluding hydrogens is 541 g/mol. The van der Waals surface area contributed by atoms with E-state index in [9.17, 15) is 13.7 Å². The lowest BCUT2D eigenvalue weighted by molar-refractivity contribution is 0.250. The van der Waals surface area contributed by atoms with Gasteiger partial charge in [-0.1, -0.05) is 42.3 Å². The summed E-state index contributed by atoms with van der Waals surface area (Å²) in [4.78, 5) is 10.8. The summed E-state index contributed by atoms with van der Waals surface area (Å²) in [6.45, 7) is 4.22. The molecule has 1 aromatic heterocycles. The Morgan fingerprint density at radius 1 is 1.13 bits per heavy atom. The molecule has 0 bridgehead atoms. The van der Waals surface area contributed by atoms with Gasteiger partial charge in [0.15, 0.2) is 0 Å². The zero-order chi connectivity index (χ0) is 27.1. The summed E-state index contributed by atoms with van der Waals surface area (Å²) < 4.78 is 25.6. The van der Waals surface area contributed by atoms with E-state index in [1.165, 1.54) is 11.8 Å². The molecule has 7 nitrogen and oxygen atoms in total. The number of piperidine rings is 1. The molecule has 2 aromatic carbocycles. The first kappa shape index (κ1) is 27.3. The average Bonchev–Trinajstić information content (AvgIpc) is 3.30. The van der Waals surface area contributed by atoms with Crippen LogP contribution in [0.2, 0.25) is 10.0 Å². The standard InChI is InChI=1S/C28H33Cl2N5O2S/c1-28(21-5-3-4-20(14-21)17-31)10-6-22(7-11-28)35(18-19-8-12-34(13-9-19)38(2,36)37)27-32-25-15-23(29)24(30)16-26(25)33-27/h3-5,14-16,19,22H,6-13,18H2,1-2H3,(H,32,33). The topological polar surface area (TPSA) is 93.1 Å². The minimum Gasteiger partial charge on any atom is -0.339 e. The third-order valence-corrected chi connectivity index (χ3v) is 10.5. The number of aromatic amines is 1. The first-order valence-corrected chi connectivity index (χ1v) is 15.7. The summed E-state index contributed by atoms with van der Waals surface area (Å²) in [7, 11) is -3.16. The summed E-state index contributed by atoms with van der Waals surface area (Å²) >= 11 is 12.5. The zero-order valence-corrected chi connectivity index (χ0v) is 24.1. The van der Waals surface area contributed by atoms with Crippen molar-refractivity contribution < 1.29 is 8.42 Å². The molecule has 1 aliphatic carbocycles. The SMILES string of the molecule is CC1(c2cccc(C#N)c2)CCC(N(CC2CCN(S(C)(=O)=O)CC2)c2nc3cc(Cl)c(Cl)cc3[nH]2)CC1. The highest BCUT2D eigenvalue weighted by Crippen LogP contribution is 2.42. The van der Waals surface area contributed by atoms with E-state index in [0.29, 0.717) is 40.7 Å². The van der Waals surface area contributed by atoms with Crippen molar-refractivity contribution in [2.24, 2.45) is 5.92 Å². The Bertz CT molecular complexity index is 1430. The lowest BCUT2D eigenvalue weighted by Gasteiger charge is -2.43. The smallest absolute Gasteiger partial charge is 0.211 e. The summed E-state index contributed by atoms with van der Waals surface area (Å²) in [6.07, 6.45) is 6.94. The van der Waals surface area contributed by atoms with Gasteiger partial charge in [0.05, 0.1) is 39.0 Å². The van der Waals surface area contributed by atoms with Crippen LogP contribution >= 0.6 is 23.2 Å². The number of nitriles is 1. The molecule has 1 saturated heterocycles. The molecule has 202 valence electrons. The summed E-state index contributed by atoms with van der Waals surface area (Å²) in [5, 5.41) is 10.3. The quantitative estimate of drug-likeness (QED) is 0.383. The van der Waals surface area contributed by atoms with Gasteiger partial charge < -0.3 is 9.88 Å². The van der Waals surface area contributed by atoms with Gasteiger partial charge in [-0.15, -0.1) is 0 Å². The monoisotopic (exact) mass is 573 g/mol. The van der Waals surface area contributed by atoms with Crippen LogP contribution in [0.4, 0.5) is 5.95 Å². The van der Waals surface area contributed by atoms with Crippen molar-refractivity contribution in [3.8, 4) is 6.07 Å². The number of halogens is 2. The molecule has 1 saturated carbocycles. The maximum Gasteiger partial charge on any atom is 0.211 e.